The minimum absolute atomic E-state index is 0.0519. The lowest BCUT2D eigenvalue weighted by atomic mass is 10.1. The Morgan fingerprint density at radius 1 is 1.53 bits per heavy atom. The van der Waals surface area contributed by atoms with Crippen LogP contribution in [0.15, 0.2) is 0 Å². The van der Waals surface area contributed by atoms with Gasteiger partial charge in [-0.15, -0.1) is 0 Å². The number of carbonyl (C=O) groups excluding carboxylic acids is 1. The molecule has 1 saturated heterocycles. The van der Waals surface area contributed by atoms with Gasteiger partial charge in [-0.25, -0.2) is 9.59 Å². The SMILES string of the molecule is CCCC(NC(=O)N1CC(C)OC(C)(C)C1)C(=O)O. The molecule has 6 nitrogen and oxygen atoms in total. The van der Waals surface area contributed by atoms with Gasteiger partial charge in [0.05, 0.1) is 18.2 Å². The fourth-order valence-corrected chi connectivity index (χ4v) is 2.39. The van der Waals surface area contributed by atoms with E-state index < -0.39 is 17.6 Å². The Morgan fingerprint density at radius 2 is 2.16 bits per heavy atom. The zero-order chi connectivity index (χ0) is 14.6. The summed E-state index contributed by atoms with van der Waals surface area (Å²) in [6.45, 7) is 8.58. The van der Waals surface area contributed by atoms with Crippen molar-refractivity contribution in [3.05, 3.63) is 0 Å². The number of carbonyl (C=O) groups is 2. The first-order chi connectivity index (χ1) is 8.75. The molecule has 0 saturated carbocycles. The monoisotopic (exact) mass is 272 g/mol. The molecule has 0 aromatic carbocycles. The molecule has 1 aliphatic rings. The van der Waals surface area contributed by atoms with Crippen molar-refractivity contribution in [1.82, 2.24) is 10.2 Å². The predicted octanol–water partition coefficient (Wildman–Crippen LogP) is 1.45. The number of amides is 2. The van der Waals surface area contributed by atoms with E-state index in [1.165, 1.54) is 0 Å². The van der Waals surface area contributed by atoms with E-state index in [-0.39, 0.29) is 12.1 Å². The third-order valence-corrected chi connectivity index (χ3v) is 3.03. The second kappa shape index (κ2) is 6.23. The van der Waals surface area contributed by atoms with Crippen LogP contribution in [0.1, 0.15) is 40.5 Å². The van der Waals surface area contributed by atoms with Crippen molar-refractivity contribution >= 4 is 12.0 Å². The van der Waals surface area contributed by atoms with Crippen molar-refractivity contribution in [1.29, 1.82) is 0 Å². The van der Waals surface area contributed by atoms with Crippen LogP contribution in [0.4, 0.5) is 4.79 Å². The van der Waals surface area contributed by atoms with E-state index in [0.29, 0.717) is 25.9 Å². The van der Waals surface area contributed by atoms with Crippen molar-refractivity contribution in [2.75, 3.05) is 13.1 Å². The Morgan fingerprint density at radius 3 is 2.63 bits per heavy atom. The highest BCUT2D eigenvalue weighted by molar-refractivity contribution is 5.82. The molecule has 0 aromatic heterocycles. The maximum Gasteiger partial charge on any atom is 0.326 e. The molecule has 6 heteroatoms. The normalized spacial score (nSPS) is 23.8. The van der Waals surface area contributed by atoms with Gasteiger partial charge in [-0.2, -0.15) is 0 Å². The summed E-state index contributed by atoms with van der Waals surface area (Å²) in [5, 5.41) is 11.6. The fraction of sp³-hybridized carbons (Fsp3) is 0.846. The van der Waals surface area contributed by atoms with E-state index in [1.807, 2.05) is 27.7 Å². The minimum atomic E-state index is -0.990. The van der Waals surface area contributed by atoms with Crippen LogP contribution in [-0.4, -0.2) is 52.8 Å². The second-order valence-corrected chi connectivity index (χ2v) is 5.70. The smallest absolute Gasteiger partial charge is 0.326 e. The summed E-state index contributed by atoms with van der Waals surface area (Å²) in [7, 11) is 0. The van der Waals surface area contributed by atoms with E-state index in [2.05, 4.69) is 5.32 Å². The third kappa shape index (κ3) is 4.70. The second-order valence-electron chi connectivity index (χ2n) is 5.70. The van der Waals surface area contributed by atoms with Gasteiger partial charge in [-0.1, -0.05) is 13.3 Å². The summed E-state index contributed by atoms with van der Waals surface area (Å²) >= 11 is 0. The summed E-state index contributed by atoms with van der Waals surface area (Å²) in [6, 6.07) is -1.15. The number of ether oxygens (including phenoxy) is 1. The number of hydrogen-bond donors (Lipinski definition) is 2. The molecular weight excluding hydrogens is 248 g/mol. The lowest BCUT2D eigenvalue weighted by Crippen LogP contribution is -2.58. The Balaban J connectivity index is 2.63. The third-order valence-electron chi connectivity index (χ3n) is 3.03. The lowest BCUT2D eigenvalue weighted by Gasteiger charge is -2.41. The van der Waals surface area contributed by atoms with E-state index in [9.17, 15) is 9.59 Å². The van der Waals surface area contributed by atoms with Crippen LogP contribution in [0.25, 0.3) is 0 Å². The number of nitrogens with one attached hydrogen (secondary N) is 1. The van der Waals surface area contributed by atoms with Crippen molar-refractivity contribution in [2.45, 2.75) is 58.3 Å². The molecule has 110 valence electrons. The Labute approximate surface area is 114 Å². The average Bonchev–Trinajstić information content (AvgIpc) is 2.25. The van der Waals surface area contributed by atoms with Crippen LogP contribution >= 0.6 is 0 Å². The van der Waals surface area contributed by atoms with Crippen LogP contribution in [0.2, 0.25) is 0 Å². The van der Waals surface area contributed by atoms with Crippen LogP contribution in [0.3, 0.4) is 0 Å². The van der Waals surface area contributed by atoms with Gasteiger partial charge in [-0.05, 0) is 27.2 Å². The van der Waals surface area contributed by atoms with Crippen molar-refractivity contribution in [3.8, 4) is 0 Å². The van der Waals surface area contributed by atoms with Crippen LogP contribution in [0.5, 0.6) is 0 Å². The first-order valence-electron chi connectivity index (χ1n) is 6.71. The quantitative estimate of drug-likeness (QED) is 0.812. The van der Waals surface area contributed by atoms with Gasteiger partial charge in [0.25, 0.3) is 0 Å². The number of rotatable bonds is 4. The zero-order valence-electron chi connectivity index (χ0n) is 12.1. The van der Waals surface area contributed by atoms with E-state index in [4.69, 9.17) is 9.84 Å². The molecule has 0 aromatic rings. The molecule has 0 bridgehead atoms. The molecule has 19 heavy (non-hydrogen) atoms. The molecule has 2 N–H and O–H groups in total. The van der Waals surface area contributed by atoms with Gasteiger partial charge < -0.3 is 20.1 Å². The number of morpholine rings is 1. The number of aliphatic carboxylic acids is 1. The Bertz CT molecular complexity index is 344. The van der Waals surface area contributed by atoms with Crippen LogP contribution < -0.4 is 5.32 Å². The first-order valence-corrected chi connectivity index (χ1v) is 6.71. The molecule has 1 fully saturated rings. The highest BCUT2D eigenvalue weighted by Gasteiger charge is 2.34. The summed E-state index contributed by atoms with van der Waals surface area (Å²) < 4.78 is 5.72. The van der Waals surface area contributed by atoms with E-state index in [0.717, 1.165) is 0 Å². The fourth-order valence-electron chi connectivity index (χ4n) is 2.39. The average molecular weight is 272 g/mol. The predicted molar refractivity (Wildman–Crippen MR) is 71.1 cm³/mol. The molecule has 2 unspecified atom stereocenters. The maximum atomic E-state index is 12.1. The van der Waals surface area contributed by atoms with Crippen molar-refractivity contribution < 1.29 is 19.4 Å². The first kappa shape index (κ1) is 15.8. The molecule has 2 amide bonds. The minimum Gasteiger partial charge on any atom is -0.480 e. The number of carboxylic acids is 1. The Hall–Kier alpha value is -1.30. The summed E-state index contributed by atoms with van der Waals surface area (Å²) in [4.78, 5) is 24.8. The maximum absolute atomic E-state index is 12.1. The van der Waals surface area contributed by atoms with Crippen molar-refractivity contribution in [3.63, 3.8) is 0 Å². The highest BCUT2D eigenvalue weighted by Crippen LogP contribution is 2.20. The number of carboxylic acid groups (broad SMARTS) is 1. The van der Waals surface area contributed by atoms with Crippen LogP contribution in [-0.2, 0) is 9.53 Å². The molecule has 0 spiro atoms. The number of nitrogens with zero attached hydrogens (tertiary/aromatic N) is 1. The number of urea groups is 1. The molecule has 2 atom stereocenters. The van der Waals surface area contributed by atoms with Gasteiger partial charge in [-0.3, -0.25) is 0 Å². The van der Waals surface area contributed by atoms with Gasteiger partial charge in [0.15, 0.2) is 0 Å². The molecule has 0 radical (unpaired) electrons. The highest BCUT2D eigenvalue weighted by atomic mass is 16.5. The van der Waals surface area contributed by atoms with Gasteiger partial charge >= 0.3 is 12.0 Å². The van der Waals surface area contributed by atoms with Gasteiger partial charge in [0.1, 0.15) is 6.04 Å². The standard InChI is InChI=1S/C13H24N2O4/c1-5-6-10(11(16)17)14-12(18)15-7-9(2)19-13(3,4)8-15/h9-10H,5-8H2,1-4H3,(H,14,18)(H,16,17). The molecule has 1 heterocycles. The molecule has 0 aliphatic carbocycles. The van der Waals surface area contributed by atoms with Gasteiger partial charge in [0, 0.05) is 6.54 Å². The lowest BCUT2D eigenvalue weighted by molar-refractivity contribution is -0.139. The molecular formula is C13H24N2O4. The topological polar surface area (TPSA) is 78.9 Å². The summed E-state index contributed by atoms with van der Waals surface area (Å²) in [5.41, 5.74) is -0.404. The zero-order valence-corrected chi connectivity index (χ0v) is 12.1. The van der Waals surface area contributed by atoms with E-state index >= 15 is 0 Å². The van der Waals surface area contributed by atoms with E-state index in [1.54, 1.807) is 4.90 Å². The van der Waals surface area contributed by atoms with Crippen molar-refractivity contribution in [2.24, 2.45) is 0 Å². The molecule has 1 rings (SSSR count). The summed E-state index contributed by atoms with van der Waals surface area (Å²) in [6.07, 6.45) is 1.09. The number of hydrogen-bond acceptors (Lipinski definition) is 3. The van der Waals surface area contributed by atoms with Gasteiger partial charge in [0.2, 0.25) is 0 Å². The summed E-state index contributed by atoms with van der Waals surface area (Å²) in [5.74, 6) is -0.990. The largest absolute Gasteiger partial charge is 0.480 e. The van der Waals surface area contributed by atoms with Crippen LogP contribution in [0, 0.1) is 0 Å². The Kier molecular flexibility index (Phi) is 5.17. The molecule has 1 aliphatic heterocycles.